The number of nitrogens with one attached hydrogen (secondary N) is 2. The molecule has 0 saturated carbocycles. The molecule has 1 atom stereocenters. The molecule has 2 N–H and O–H groups in total. The number of aromatic nitrogens is 4. The quantitative estimate of drug-likeness (QED) is 0.249. The molecule has 0 bridgehead atoms. The van der Waals surface area contributed by atoms with E-state index < -0.39 is 23.8 Å². The second-order valence-corrected chi connectivity index (χ2v) is 10.2. The lowest BCUT2D eigenvalue weighted by atomic mass is 9.84. The van der Waals surface area contributed by atoms with Gasteiger partial charge in [0.05, 0.1) is 18.2 Å². The maximum atomic E-state index is 14.0. The van der Waals surface area contributed by atoms with Crippen LogP contribution in [0.3, 0.4) is 0 Å². The SMILES string of the molecule is Cn1cncc1-c1ccc(NC(=O)C(NC(=O)c2ccnn2C)C(c2cccc(Cl)c2)c2cccc(Cl)c2)cc1. The van der Waals surface area contributed by atoms with E-state index in [0.29, 0.717) is 21.4 Å². The highest BCUT2D eigenvalue weighted by molar-refractivity contribution is 6.31. The molecule has 0 aliphatic heterocycles. The van der Waals surface area contributed by atoms with E-state index >= 15 is 0 Å². The van der Waals surface area contributed by atoms with Crippen molar-refractivity contribution in [2.75, 3.05) is 5.32 Å². The van der Waals surface area contributed by atoms with Crippen LogP contribution in [0.2, 0.25) is 10.0 Å². The number of carbonyl (C=O) groups is 2. The van der Waals surface area contributed by atoms with Crippen LogP contribution in [0.5, 0.6) is 0 Å². The Kier molecular flexibility index (Phi) is 8.00. The van der Waals surface area contributed by atoms with Gasteiger partial charge in [-0.2, -0.15) is 5.10 Å². The standard InChI is InChI=1S/C30H26Cl2N6O2/c1-37-18-33-17-26(37)19-9-11-24(12-10-19)35-30(40)28(36-29(39)25-13-14-34-38(25)2)27(20-5-3-7-22(31)15-20)21-6-4-8-23(32)16-21/h3-18,27-28H,1-2H3,(H,35,40)(H,36,39). The van der Waals surface area contributed by atoms with Gasteiger partial charge in [0.2, 0.25) is 5.91 Å². The Hall–Kier alpha value is -4.40. The topological polar surface area (TPSA) is 93.8 Å². The number of nitrogens with zero attached hydrogens (tertiary/aromatic N) is 4. The molecule has 0 saturated heterocycles. The molecule has 0 aliphatic carbocycles. The van der Waals surface area contributed by atoms with Crippen molar-refractivity contribution in [1.29, 1.82) is 0 Å². The largest absolute Gasteiger partial charge is 0.338 e. The van der Waals surface area contributed by atoms with Crippen molar-refractivity contribution in [3.05, 3.63) is 124 Å². The highest BCUT2D eigenvalue weighted by atomic mass is 35.5. The molecule has 8 nitrogen and oxygen atoms in total. The lowest BCUT2D eigenvalue weighted by Gasteiger charge is -2.28. The van der Waals surface area contributed by atoms with Crippen LogP contribution in [0.15, 0.2) is 97.6 Å². The number of carbonyl (C=O) groups excluding carboxylic acids is 2. The minimum Gasteiger partial charge on any atom is -0.338 e. The van der Waals surface area contributed by atoms with E-state index in [1.165, 1.54) is 10.9 Å². The van der Waals surface area contributed by atoms with E-state index in [1.54, 1.807) is 49.9 Å². The fourth-order valence-electron chi connectivity index (χ4n) is 4.67. The molecule has 5 aromatic rings. The fourth-order valence-corrected chi connectivity index (χ4v) is 5.07. The zero-order chi connectivity index (χ0) is 28.2. The number of imidazole rings is 1. The minimum absolute atomic E-state index is 0.314. The molecule has 0 fully saturated rings. The molecule has 0 radical (unpaired) electrons. The van der Waals surface area contributed by atoms with E-state index in [9.17, 15) is 9.59 Å². The first-order chi connectivity index (χ1) is 19.3. The number of hydrogen-bond acceptors (Lipinski definition) is 4. The fraction of sp³-hybridized carbons (Fsp3) is 0.133. The van der Waals surface area contributed by atoms with Crippen LogP contribution in [-0.2, 0) is 18.9 Å². The van der Waals surface area contributed by atoms with Gasteiger partial charge in [-0.15, -0.1) is 0 Å². The van der Waals surface area contributed by atoms with Gasteiger partial charge in [0.1, 0.15) is 11.7 Å². The van der Waals surface area contributed by atoms with E-state index in [1.807, 2.05) is 60.1 Å². The summed E-state index contributed by atoms with van der Waals surface area (Å²) in [5.41, 5.74) is 4.27. The average Bonchev–Trinajstić information content (AvgIpc) is 3.56. The number of anilines is 1. The molecule has 2 aromatic heterocycles. The summed E-state index contributed by atoms with van der Waals surface area (Å²) in [6.45, 7) is 0. The van der Waals surface area contributed by atoms with Crippen molar-refractivity contribution in [3.63, 3.8) is 0 Å². The maximum absolute atomic E-state index is 14.0. The van der Waals surface area contributed by atoms with Crippen LogP contribution in [0, 0.1) is 0 Å². The lowest BCUT2D eigenvalue weighted by molar-refractivity contribution is -0.118. The first kappa shape index (κ1) is 27.2. The molecule has 202 valence electrons. The monoisotopic (exact) mass is 572 g/mol. The molecule has 2 amide bonds. The Morgan fingerprint density at radius 3 is 2.05 bits per heavy atom. The molecular formula is C30H26Cl2N6O2. The van der Waals surface area contributed by atoms with Gasteiger partial charge in [-0.1, -0.05) is 59.6 Å². The molecule has 1 unspecified atom stereocenters. The van der Waals surface area contributed by atoms with E-state index in [-0.39, 0.29) is 0 Å². The summed E-state index contributed by atoms with van der Waals surface area (Å²) in [7, 11) is 3.58. The van der Waals surface area contributed by atoms with Crippen molar-refractivity contribution in [2.24, 2.45) is 14.1 Å². The number of rotatable bonds is 8. The van der Waals surface area contributed by atoms with Gasteiger partial charge in [0, 0.05) is 41.9 Å². The van der Waals surface area contributed by atoms with Crippen LogP contribution in [0.1, 0.15) is 27.5 Å². The molecule has 10 heteroatoms. The van der Waals surface area contributed by atoms with Crippen LogP contribution >= 0.6 is 23.2 Å². The Morgan fingerprint density at radius 2 is 1.52 bits per heavy atom. The van der Waals surface area contributed by atoms with Gasteiger partial charge in [-0.05, 0) is 59.2 Å². The Bertz CT molecular complexity index is 1620. The summed E-state index contributed by atoms with van der Waals surface area (Å²) in [4.78, 5) is 31.6. The molecule has 2 heterocycles. The lowest BCUT2D eigenvalue weighted by Crippen LogP contribution is -2.48. The highest BCUT2D eigenvalue weighted by Gasteiger charge is 2.34. The minimum atomic E-state index is -1.03. The molecular weight excluding hydrogens is 547 g/mol. The molecule has 0 spiro atoms. The number of aryl methyl sites for hydroxylation is 2. The first-order valence-electron chi connectivity index (χ1n) is 12.5. The van der Waals surface area contributed by atoms with Crippen LogP contribution < -0.4 is 10.6 Å². The van der Waals surface area contributed by atoms with Gasteiger partial charge in [-0.3, -0.25) is 14.3 Å². The highest BCUT2D eigenvalue weighted by Crippen LogP contribution is 2.32. The number of halogens is 2. The third-order valence-electron chi connectivity index (χ3n) is 6.64. The van der Waals surface area contributed by atoms with E-state index in [0.717, 1.165) is 22.4 Å². The van der Waals surface area contributed by atoms with Gasteiger partial charge in [0.25, 0.3) is 5.91 Å². The van der Waals surface area contributed by atoms with Crippen molar-refractivity contribution in [3.8, 4) is 11.3 Å². The Morgan fingerprint density at radius 1 is 0.875 bits per heavy atom. The van der Waals surface area contributed by atoms with E-state index in [4.69, 9.17) is 23.2 Å². The van der Waals surface area contributed by atoms with Crippen LogP contribution in [-0.4, -0.2) is 37.2 Å². The van der Waals surface area contributed by atoms with Gasteiger partial charge in [-0.25, -0.2) is 4.98 Å². The molecule has 5 rings (SSSR count). The summed E-state index contributed by atoms with van der Waals surface area (Å²) in [5, 5.41) is 11.0. The summed E-state index contributed by atoms with van der Waals surface area (Å²) >= 11 is 12.7. The van der Waals surface area contributed by atoms with Crippen LogP contribution in [0.4, 0.5) is 5.69 Å². The normalized spacial score (nSPS) is 11.8. The summed E-state index contributed by atoms with van der Waals surface area (Å²) in [5.74, 6) is -1.46. The number of amides is 2. The van der Waals surface area contributed by atoms with Crippen LogP contribution in [0.25, 0.3) is 11.3 Å². The second-order valence-electron chi connectivity index (χ2n) is 9.34. The Balaban J connectivity index is 1.53. The number of benzene rings is 3. The zero-order valence-corrected chi connectivity index (χ0v) is 23.3. The summed E-state index contributed by atoms with van der Waals surface area (Å²) in [6.07, 6.45) is 5.03. The van der Waals surface area contributed by atoms with Gasteiger partial charge < -0.3 is 15.2 Å². The van der Waals surface area contributed by atoms with Gasteiger partial charge >= 0.3 is 0 Å². The van der Waals surface area contributed by atoms with Crippen molar-refractivity contribution < 1.29 is 9.59 Å². The second kappa shape index (κ2) is 11.8. The van der Waals surface area contributed by atoms with Gasteiger partial charge in [0.15, 0.2) is 0 Å². The van der Waals surface area contributed by atoms with E-state index in [2.05, 4.69) is 20.7 Å². The summed E-state index contributed by atoms with van der Waals surface area (Å²) < 4.78 is 3.37. The zero-order valence-electron chi connectivity index (χ0n) is 21.8. The molecule has 3 aromatic carbocycles. The Labute approximate surface area is 241 Å². The average molecular weight is 573 g/mol. The predicted octanol–water partition coefficient (Wildman–Crippen LogP) is 5.70. The molecule has 40 heavy (non-hydrogen) atoms. The van der Waals surface area contributed by atoms with Crippen molar-refractivity contribution >= 4 is 40.7 Å². The summed E-state index contributed by atoms with van der Waals surface area (Å²) in [6, 6.07) is 22.4. The van der Waals surface area contributed by atoms with Crippen molar-refractivity contribution in [1.82, 2.24) is 24.6 Å². The van der Waals surface area contributed by atoms with Crippen molar-refractivity contribution in [2.45, 2.75) is 12.0 Å². The number of hydrogen-bond donors (Lipinski definition) is 2. The smallest absolute Gasteiger partial charge is 0.270 e. The predicted molar refractivity (Wildman–Crippen MR) is 156 cm³/mol. The maximum Gasteiger partial charge on any atom is 0.270 e. The molecule has 0 aliphatic rings. The third-order valence-corrected chi connectivity index (χ3v) is 7.11. The third kappa shape index (κ3) is 5.93. The first-order valence-corrected chi connectivity index (χ1v) is 13.2.